The molecule has 0 bridgehead atoms. The minimum absolute atomic E-state index is 0. The number of nitrogens with zero attached hydrogens (tertiary/aromatic N) is 2. The number of aromatic nitrogens is 2. The first kappa shape index (κ1) is 14.4. The van der Waals surface area contributed by atoms with Crippen LogP contribution in [-0.4, -0.2) is 29.2 Å². The summed E-state index contributed by atoms with van der Waals surface area (Å²) >= 11 is 0. The van der Waals surface area contributed by atoms with E-state index < -0.39 is 0 Å². The van der Waals surface area contributed by atoms with Crippen LogP contribution in [0.3, 0.4) is 0 Å². The molecule has 1 aromatic rings. The zero-order valence-corrected chi connectivity index (χ0v) is 10.9. The van der Waals surface area contributed by atoms with Crippen LogP contribution in [-0.2, 0) is 4.74 Å². The lowest BCUT2D eigenvalue weighted by atomic mass is 10.1. The highest BCUT2D eigenvalue weighted by Gasteiger charge is 2.15. The van der Waals surface area contributed by atoms with Crippen LogP contribution in [0.25, 0.3) is 0 Å². The highest BCUT2D eigenvalue weighted by molar-refractivity contribution is 5.85. The molecule has 0 spiro atoms. The second-order valence-corrected chi connectivity index (χ2v) is 4.25. The zero-order valence-electron chi connectivity index (χ0n) is 10.1. The molecule has 0 saturated carbocycles. The van der Waals surface area contributed by atoms with E-state index in [-0.39, 0.29) is 18.5 Å². The van der Waals surface area contributed by atoms with Crippen molar-refractivity contribution in [1.82, 2.24) is 15.3 Å². The van der Waals surface area contributed by atoms with Crippen LogP contribution in [0.4, 0.5) is 0 Å². The standard InChI is InChI=1S/C12H19N3O.ClH/c1-10(12-8-13-6-7-15-12)16-9-11-4-2-3-5-14-11;/h6-8,10-11,14H,2-5,9H2,1H3;1H. The summed E-state index contributed by atoms with van der Waals surface area (Å²) in [6.07, 6.45) is 8.98. The monoisotopic (exact) mass is 257 g/mol. The van der Waals surface area contributed by atoms with Crippen molar-refractivity contribution in [3.63, 3.8) is 0 Å². The molecule has 17 heavy (non-hydrogen) atoms. The molecule has 0 amide bonds. The predicted octanol–water partition coefficient (Wildman–Crippen LogP) is 2.12. The van der Waals surface area contributed by atoms with Gasteiger partial charge in [0.1, 0.15) is 0 Å². The maximum absolute atomic E-state index is 5.80. The maximum Gasteiger partial charge on any atom is 0.0982 e. The first-order valence-electron chi connectivity index (χ1n) is 5.97. The molecular weight excluding hydrogens is 238 g/mol. The molecule has 2 rings (SSSR count). The summed E-state index contributed by atoms with van der Waals surface area (Å²) < 4.78 is 5.80. The Labute approximate surface area is 109 Å². The number of rotatable bonds is 4. The number of hydrogen-bond acceptors (Lipinski definition) is 4. The van der Waals surface area contributed by atoms with Crippen LogP contribution in [0.2, 0.25) is 0 Å². The summed E-state index contributed by atoms with van der Waals surface area (Å²) in [5.74, 6) is 0. The van der Waals surface area contributed by atoms with Crippen molar-refractivity contribution in [2.75, 3.05) is 13.2 Å². The van der Waals surface area contributed by atoms with Crippen molar-refractivity contribution in [3.8, 4) is 0 Å². The van der Waals surface area contributed by atoms with E-state index in [4.69, 9.17) is 4.74 Å². The van der Waals surface area contributed by atoms with Crippen LogP contribution in [0, 0.1) is 0 Å². The van der Waals surface area contributed by atoms with Gasteiger partial charge in [0.25, 0.3) is 0 Å². The molecule has 1 fully saturated rings. The Morgan fingerprint density at radius 1 is 1.47 bits per heavy atom. The van der Waals surface area contributed by atoms with Gasteiger partial charge in [-0.1, -0.05) is 6.42 Å². The molecule has 2 unspecified atom stereocenters. The fraction of sp³-hybridized carbons (Fsp3) is 0.667. The fourth-order valence-electron chi connectivity index (χ4n) is 1.93. The average molecular weight is 258 g/mol. The van der Waals surface area contributed by atoms with Crippen molar-refractivity contribution in [2.24, 2.45) is 0 Å². The van der Waals surface area contributed by atoms with Gasteiger partial charge >= 0.3 is 0 Å². The summed E-state index contributed by atoms with van der Waals surface area (Å²) in [6.45, 7) is 3.90. The smallest absolute Gasteiger partial charge is 0.0982 e. The summed E-state index contributed by atoms with van der Waals surface area (Å²) in [5, 5.41) is 3.46. The van der Waals surface area contributed by atoms with E-state index in [1.807, 2.05) is 6.92 Å². The van der Waals surface area contributed by atoms with Gasteiger partial charge < -0.3 is 10.1 Å². The van der Waals surface area contributed by atoms with Gasteiger partial charge in [-0.3, -0.25) is 9.97 Å². The molecule has 5 heteroatoms. The van der Waals surface area contributed by atoms with Crippen molar-refractivity contribution in [1.29, 1.82) is 0 Å². The molecule has 1 saturated heterocycles. The summed E-state index contributed by atoms with van der Waals surface area (Å²) in [5.41, 5.74) is 0.901. The highest BCUT2D eigenvalue weighted by atomic mass is 35.5. The molecule has 2 atom stereocenters. The average Bonchev–Trinajstić information content (AvgIpc) is 2.38. The normalized spacial score (nSPS) is 21.6. The number of ether oxygens (including phenoxy) is 1. The lowest BCUT2D eigenvalue weighted by Crippen LogP contribution is -2.37. The van der Waals surface area contributed by atoms with Crippen molar-refractivity contribution in [3.05, 3.63) is 24.3 Å². The quantitative estimate of drug-likeness (QED) is 0.898. The number of nitrogens with one attached hydrogen (secondary N) is 1. The Bertz CT molecular complexity index is 304. The number of halogens is 1. The first-order valence-corrected chi connectivity index (χ1v) is 5.97. The molecule has 1 N–H and O–H groups in total. The van der Waals surface area contributed by atoms with Gasteiger partial charge in [0, 0.05) is 18.4 Å². The molecule has 0 aliphatic carbocycles. The van der Waals surface area contributed by atoms with E-state index in [2.05, 4.69) is 15.3 Å². The topological polar surface area (TPSA) is 47.0 Å². The third-order valence-corrected chi connectivity index (χ3v) is 2.96. The van der Waals surface area contributed by atoms with Crippen LogP contribution in [0.15, 0.2) is 18.6 Å². The maximum atomic E-state index is 5.80. The molecule has 2 heterocycles. The fourth-order valence-corrected chi connectivity index (χ4v) is 1.93. The second kappa shape index (κ2) is 7.58. The first-order chi connectivity index (χ1) is 7.86. The van der Waals surface area contributed by atoms with Crippen LogP contribution < -0.4 is 5.32 Å². The Morgan fingerprint density at radius 2 is 2.35 bits per heavy atom. The lowest BCUT2D eigenvalue weighted by molar-refractivity contribution is 0.0414. The van der Waals surface area contributed by atoms with Crippen molar-refractivity contribution < 1.29 is 4.74 Å². The molecule has 1 aliphatic rings. The molecule has 1 aromatic heterocycles. The van der Waals surface area contributed by atoms with E-state index in [0.29, 0.717) is 6.04 Å². The predicted molar refractivity (Wildman–Crippen MR) is 69.3 cm³/mol. The third kappa shape index (κ3) is 4.58. The van der Waals surface area contributed by atoms with E-state index >= 15 is 0 Å². The largest absolute Gasteiger partial charge is 0.371 e. The Hall–Kier alpha value is -0.710. The Morgan fingerprint density at radius 3 is 3.00 bits per heavy atom. The molecule has 4 nitrogen and oxygen atoms in total. The van der Waals surface area contributed by atoms with E-state index in [9.17, 15) is 0 Å². The van der Waals surface area contributed by atoms with Gasteiger partial charge in [0.15, 0.2) is 0 Å². The van der Waals surface area contributed by atoms with E-state index in [1.165, 1.54) is 19.3 Å². The van der Waals surface area contributed by atoms with Gasteiger partial charge in [0.05, 0.1) is 24.6 Å². The number of hydrogen-bond donors (Lipinski definition) is 1. The minimum atomic E-state index is 0. The number of piperidine rings is 1. The second-order valence-electron chi connectivity index (χ2n) is 4.25. The minimum Gasteiger partial charge on any atom is -0.371 e. The highest BCUT2D eigenvalue weighted by Crippen LogP contribution is 2.15. The lowest BCUT2D eigenvalue weighted by Gasteiger charge is -2.24. The van der Waals surface area contributed by atoms with Gasteiger partial charge in [-0.25, -0.2) is 0 Å². The van der Waals surface area contributed by atoms with Crippen LogP contribution >= 0.6 is 12.4 Å². The molecule has 0 radical (unpaired) electrons. The van der Waals surface area contributed by atoms with Crippen LogP contribution in [0.5, 0.6) is 0 Å². The van der Waals surface area contributed by atoms with Crippen molar-refractivity contribution in [2.45, 2.75) is 38.3 Å². The molecule has 96 valence electrons. The molecule has 0 aromatic carbocycles. The van der Waals surface area contributed by atoms with Crippen LogP contribution in [0.1, 0.15) is 38.0 Å². The SMILES string of the molecule is CC(OCC1CCCCN1)c1cnccn1.Cl. The van der Waals surface area contributed by atoms with E-state index in [1.54, 1.807) is 18.6 Å². The van der Waals surface area contributed by atoms with Gasteiger partial charge in [-0.2, -0.15) is 0 Å². The molecule has 1 aliphatic heterocycles. The Kier molecular flexibility index (Phi) is 6.40. The summed E-state index contributed by atoms with van der Waals surface area (Å²) in [7, 11) is 0. The van der Waals surface area contributed by atoms with Gasteiger partial charge in [-0.05, 0) is 26.3 Å². The zero-order chi connectivity index (χ0) is 11.2. The Balaban J connectivity index is 0.00000144. The van der Waals surface area contributed by atoms with Crippen molar-refractivity contribution >= 4 is 12.4 Å². The summed E-state index contributed by atoms with van der Waals surface area (Å²) in [6, 6.07) is 0.507. The van der Waals surface area contributed by atoms with Gasteiger partial charge in [0.2, 0.25) is 0 Å². The van der Waals surface area contributed by atoms with Gasteiger partial charge in [-0.15, -0.1) is 12.4 Å². The summed E-state index contributed by atoms with van der Waals surface area (Å²) in [4.78, 5) is 8.28. The van der Waals surface area contributed by atoms with E-state index in [0.717, 1.165) is 18.8 Å². The molecular formula is C12H20ClN3O. The third-order valence-electron chi connectivity index (χ3n) is 2.96.